The van der Waals surface area contributed by atoms with Gasteiger partial charge in [-0.1, -0.05) is 23.7 Å². The van der Waals surface area contributed by atoms with Crippen LogP contribution in [0.15, 0.2) is 18.2 Å². The number of hydrogen-bond acceptors (Lipinski definition) is 4. The summed E-state index contributed by atoms with van der Waals surface area (Å²) < 4.78 is 11.1. The molecule has 1 atom stereocenters. The van der Waals surface area contributed by atoms with Gasteiger partial charge >= 0.3 is 6.09 Å². The molecule has 0 aromatic heterocycles. The van der Waals surface area contributed by atoms with Crippen molar-refractivity contribution in [3.8, 4) is 6.07 Å². The maximum Gasteiger partial charge on any atom is 0.410 e. The number of halogens is 1. The van der Waals surface area contributed by atoms with E-state index in [-0.39, 0.29) is 12.2 Å². The minimum Gasteiger partial charge on any atom is -0.444 e. The normalized spacial score (nSPS) is 18.4. The number of nitriles is 1. The van der Waals surface area contributed by atoms with Gasteiger partial charge in [-0.05, 0) is 32.4 Å². The third-order valence-corrected chi connectivity index (χ3v) is 3.76. The number of morpholine rings is 1. The van der Waals surface area contributed by atoms with Crippen LogP contribution < -0.4 is 0 Å². The number of benzene rings is 1. The summed E-state index contributed by atoms with van der Waals surface area (Å²) in [5.74, 6) is 0. The van der Waals surface area contributed by atoms with Crippen LogP contribution in [0.4, 0.5) is 4.79 Å². The highest BCUT2D eigenvalue weighted by molar-refractivity contribution is 6.31. The van der Waals surface area contributed by atoms with Crippen LogP contribution in [-0.2, 0) is 15.9 Å². The molecule has 0 N–H and O–H groups in total. The Morgan fingerprint density at radius 1 is 1.52 bits per heavy atom. The van der Waals surface area contributed by atoms with Crippen LogP contribution in [0, 0.1) is 11.3 Å². The molecule has 23 heavy (non-hydrogen) atoms. The molecule has 1 aromatic rings. The van der Waals surface area contributed by atoms with Crippen molar-refractivity contribution in [1.82, 2.24) is 4.90 Å². The van der Waals surface area contributed by atoms with E-state index >= 15 is 0 Å². The monoisotopic (exact) mass is 336 g/mol. The van der Waals surface area contributed by atoms with Crippen molar-refractivity contribution in [2.45, 2.75) is 38.9 Å². The molecule has 1 unspecified atom stereocenters. The van der Waals surface area contributed by atoms with Gasteiger partial charge in [0.25, 0.3) is 0 Å². The fourth-order valence-electron chi connectivity index (χ4n) is 2.44. The predicted molar refractivity (Wildman–Crippen MR) is 87.4 cm³/mol. The van der Waals surface area contributed by atoms with E-state index in [1.54, 1.807) is 11.0 Å². The molecular formula is C17H21ClN2O3. The Morgan fingerprint density at radius 2 is 2.26 bits per heavy atom. The quantitative estimate of drug-likeness (QED) is 0.830. The molecule has 5 nitrogen and oxygen atoms in total. The highest BCUT2D eigenvalue weighted by Crippen LogP contribution is 2.22. The Balaban J connectivity index is 2.04. The number of nitrogens with zero attached hydrogens (tertiary/aromatic N) is 2. The average molecular weight is 337 g/mol. The molecule has 2 rings (SSSR count). The van der Waals surface area contributed by atoms with Gasteiger partial charge in [-0.2, -0.15) is 5.26 Å². The second-order valence-corrected chi connectivity index (χ2v) is 6.92. The number of amides is 1. The molecule has 0 saturated carbocycles. The Labute approximate surface area is 141 Å². The Kier molecular flexibility index (Phi) is 5.51. The summed E-state index contributed by atoms with van der Waals surface area (Å²) in [5.41, 5.74) is 0.773. The van der Waals surface area contributed by atoms with Gasteiger partial charge in [0.1, 0.15) is 11.7 Å². The molecule has 0 spiro atoms. The fourth-order valence-corrected chi connectivity index (χ4v) is 2.68. The molecule has 1 saturated heterocycles. The smallest absolute Gasteiger partial charge is 0.410 e. The van der Waals surface area contributed by atoms with Crippen LogP contribution in [0.5, 0.6) is 0 Å². The maximum absolute atomic E-state index is 12.2. The summed E-state index contributed by atoms with van der Waals surface area (Å²) >= 11 is 6.05. The van der Waals surface area contributed by atoms with Crippen molar-refractivity contribution in [3.05, 3.63) is 34.3 Å². The number of ether oxygens (including phenoxy) is 2. The standard InChI is InChI=1S/C17H21ClN2O3/c1-17(2,3)23-16(21)20-7-8-22-13(11-20)9-12-5-4-6-15(18)14(12)10-19/h4-6,13H,7-9,11H2,1-3H3. The van der Waals surface area contributed by atoms with Gasteiger partial charge in [0.05, 0.1) is 29.8 Å². The topological polar surface area (TPSA) is 62.6 Å². The zero-order valence-electron chi connectivity index (χ0n) is 13.6. The van der Waals surface area contributed by atoms with E-state index in [0.29, 0.717) is 36.7 Å². The molecule has 1 aromatic carbocycles. The zero-order valence-corrected chi connectivity index (χ0v) is 14.4. The van der Waals surface area contributed by atoms with E-state index in [1.807, 2.05) is 32.9 Å². The van der Waals surface area contributed by atoms with E-state index in [2.05, 4.69) is 6.07 Å². The van der Waals surface area contributed by atoms with E-state index < -0.39 is 5.60 Å². The lowest BCUT2D eigenvalue weighted by Gasteiger charge is -2.34. The zero-order chi connectivity index (χ0) is 17.0. The van der Waals surface area contributed by atoms with Gasteiger partial charge < -0.3 is 14.4 Å². The number of carbonyl (C=O) groups is 1. The van der Waals surface area contributed by atoms with Crippen LogP contribution in [0.25, 0.3) is 0 Å². The first-order valence-corrected chi connectivity index (χ1v) is 7.95. The summed E-state index contributed by atoms with van der Waals surface area (Å²) in [4.78, 5) is 13.8. The lowest BCUT2D eigenvalue weighted by Crippen LogP contribution is -2.48. The summed E-state index contributed by atoms with van der Waals surface area (Å²) in [6, 6.07) is 7.49. The maximum atomic E-state index is 12.2. The molecule has 124 valence electrons. The average Bonchev–Trinajstić information content (AvgIpc) is 2.46. The predicted octanol–water partition coefficient (Wildman–Crippen LogP) is 3.39. The fraction of sp³-hybridized carbons (Fsp3) is 0.529. The van der Waals surface area contributed by atoms with Crippen molar-refractivity contribution < 1.29 is 14.3 Å². The summed E-state index contributed by atoms with van der Waals surface area (Å²) in [5, 5.41) is 9.67. The minimum atomic E-state index is -0.522. The van der Waals surface area contributed by atoms with Gasteiger partial charge in [0.2, 0.25) is 0 Å². The number of rotatable bonds is 2. The van der Waals surface area contributed by atoms with Gasteiger partial charge in [0.15, 0.2) is 0 Å². The van der Waals surface area contributed by atoms with Crippen LogP contribution in [0.2, 0.25) is 5.02 Å². The van der Waals surface area contributed by atoms with E-state index in [4.69, 9.17) is 21.1 Å². The van der Waals surface area contributed by atoms with Gasteiger partial charge in [0, 0.05) is 13.0 Å². The summed E-state index contributed by atoms with van der Waals surface area (Å²) in [7, 11) is 0. The highest BCUT2D eigenvalue weighted by Gasteiger charge is 2.28. The van der Waals surface area contributed by atoms with Crippen molar-refractivity contribution in [2.75, 3.05) is 19.7 Å². The molecule has 1 heterocycles. The van der Waals surface area contributed by atoms with E-state index in [0.717, 1.165) is 5.56 Å². The van der Waals surface area contributed by atoms with E-state index in [1.165, 1.54) is 0 Å². The van der Waals surface area contributed by atoms with Crippen LogP contribution in [0.3, 0.4) is 0 Å². The second-order valence-electron chi connectivity index (χ2n) is 6.51. The van der Waals surface area contributed by atoms with Gasteiger partial charge in [-0.15, -0.1) is 0 Å². The Bertz CT molecular complexity index is 619. The Hall–Kier alpha value is -1.77. The first kappa shape index (κ1) is 17.6. The lowest BCUT2D eigenvalue weighted by molar-refractivity contribution is -0.0415. The van der Waals surface area contributed by atoms with Crippen LogP contribution in [0.1, 0.15) is 31.9 Å². The molecular weight excluding hydrogens is 316 g/mol. The molecule has 1 fully saturated rings. The van der Waals surface area contributed by atoms with Crippen molar-refractivity contribution in [3.63, 3.8) is 0 Å². The first-order valence-electron chi connectivity index (χ1n) is 7.57. The number of carbonyl (C=O) groups excluding carboxylic acids is 1. The van der Waals surface area contributed by atoms with Crippen molar-refractivity contribution >= 4 is 17.7 Å². The largest absolute Gasteiger partial charge is 0.444 e. The summed E-state index contributed by atoms with van der Waals surface area (Å²) in [6.07, 6.45) is 0.0159. The van der Waals surface area contributed by atoms with Crippen molar-refractivity contribution in [2.24, 2.45) is 0 Å². The highest BCUT2D eigenvalue weighted by atomic mass is 35.5. The molecule has 0 aliphatic carbocycles. The van der Waals surface area contributed by atoms with Crippen LogP contribution in [-0.4, -0.2) is 42.4 Å². The van der Waals surface area contributed by atoms with Gasteiger partial charge in [-0.25, -0.2) is 4.79 Å². The molecule has 1 aliphatic rings. The lowest BCUT2D eigenvalue weighted by atomic mass is 10.0. The third-order valence-electron chi connectivity index (χ3n) is 3.45. The first-order chi connectivity index (χ1) is 10.8. The molecule has 0 radical (unpaired) electrons. The minimum absolute atomic E-state index is 0.179. The SMILES string of the molecule is CC(C)(C)OC(=O)N1CCOC(Cc2cccc(Cl)c2C#N)C1. The van der Waals surface area contributed by atoms with E-state index in [9.17, 15) is 10.1 Å². The Morgan fingerprint density at radius 3 is 2.91 bits per heavy atom. The molecule has 0 bridgehead atoms. The van der Waals surface area contributed by atoms with Crippen molar-refractivity contribution in [1.29, 1.82) is 5.26 Å². The van der Waals surface area contributed by atoms with Crippen LogP contribution >= 0.6 is 11.6 Å². The summed E-state index contributed by atoms with van der Waals surface area (Å²) in [6.45, 7) is 6.92. The molecule has 1 aliphatic heterocycles. The molecule has 6 heteroatoms. The number of hydrogen-bond donors (Lipinski definition) is 0. The molecule has 1 amide bonds. The van der Waals surface area contributed by atoms with Gasteiger partial charge in [-0.3, -0.25) is 0 Å². The second kappa shape index (κ2) is 7.20. The third kappa shape index (κ3) is 4.85.